The minimum absolute atomic E-state index is 0.209. The minimum Gasteiger partial charge on any atom is -0.382 e. The summed E-state index contributed by atoms with van der Waals surface area (Å²) in [6.07, 6.45) is 1.33. The van der Waals surface area contributed by atoms with Crippen LogP contribution in [0, 0.1) is 11.3 Å². The van der Waals surface area contributed by atoms with Crippen LogP contribution in [0.3, 0.4) is 0 Å². The van der Waals surface area contributed by atoms with Crippen LogP contribution in [0.25, 0.3) is 0 Å². The number of hydrogen-bond acceptors (Lipinski definition) is 5. The third-order valence-electron chi connectivity index (χ3n) is 1.41. The van der Waals surface area contributed by atoms with Crippen molar-refractivity contribution in [3.05, 3.63) is 11.9 Å². The number of nitriles is 1. The first-order valence-electron chi connectivity index (χ1n) is 3.92. The number of hydrogen-bond donors (Lipinski definition) is 2. The molecule has 0 aliphatic rings. The maximum atomic E-state index is 8.76. The Bertz CT molecular complexity index is 339. The van der Waals surface area contributed by atoms with E-state index >= 15 is 0 Å². The second-order valence-electron chi connectivity index (χ2n) is 2.89. The Morgan fingerprint density at radius 1 is 1.54 bits per heavy atom. The molecule has 0 unspecified atom stereocenters. The van der Waals surface area contributed by atoms with Crippen LogP contribution in [-0.2, 0) is 0 Å². The molecule has 1 heterocycles. The molecule has 5 heteroatoms. The Balaban J connectivity index is 3.07. The molecular formula is C8H11N5. The van der Waals surface area contributed by atoms with Crippen molar-refractivity contribution in [3.63, 3.8) is 0 Å². The molecule has 68 valence electrons. The van der Waals surface area contributed by atoms with Crippen LogP contribution in [-0.4, -0.2) is 16.0 Å². The standard InChI is InChI=1S/C8H11N5/c1-5(2)13-8-6(3-9)7(10)11-4-12-8/h4-5H,1-2H3,(H3,10,11,12,13). The summed E-state index contributed by atoms with van der Waals surface area (Å²) in [5.74, 6) is 0.700. The fourth-order valence-corrected chi connectivity index (χ4v) is 0.892. The smallest absolute Gasteiger partial charge is 0.149 e. The van der Waals surface area contributed by atoms with Crippen molar-refractivity contribution in [2.24, 2.45) is 0 Å². The average molecular weight is 177 g/mol. The molecule has 0 fully saturated rings. The van der Waals surface area contributed by atoms with Gasteiger partial charge in [-0.15, -0.1) is 0 Å². The zero-order valence-corrected chi connectivity index (χ0v) is 7.57. The van der Waals surface area contributed by atoms with Crippen LogP contribution in [0.5, 0.6) is 0 Å². The molecule has 0 spiro atoms. The zero-order chi connectivity index (χ0) is 9.84. The lowest BCUT2D eigenvalue weighted by atomic mass is 10.3. The maximum absolute atomic E-state index is 8.76. The lowest BCUT2D eigenvalue weighted by Crippen LogP contribution is -2.13. The molecule has 0 amide bonds. The van der Waals surface area contributed by atoms with Gasteiger partial charge in [-0.25, -0.2) is 9.97 Å². The molecule has 0 aliphatic carbocycles. The summed E-state index contributed by atoms with van der Waals surface area (Å²) in [6, 6.07) is 2.17. The molecule has 0 radical (unpaired) electrons. The van der Waals surface area contributed by atoms with Gasteiger partial charge in [0.1, 0.15) is 29.6 Å². The second kappa shape index (κ2) is 3.72. The molecule has 0 saturated carbocycles. The highest BCUT2D eigenvalue weighted by molar-refractivity contribution is 5.62. The van der Waals surface area contributed by atoms with Gasteiger partial charge in [-0.05, 0) is 13.8 Å². The van der Waals surface area contributed by atoms with Crippen molar-refractivity contribution in [2.75, 3.05) is 11.1 Å². The Kier molecular flexibility index (Phi) is 2.65. The summed E-state index contributed by atoms with van der Waals surface area (Å²) < 4.78 is 0. The third-order valence-corrected chi connectivity index (χ3v) is 1.41. The highest BCUT2D eigenvalue weighted by atomic mass is 15.0. The van der Waals surface area contributed by atoms with E-state index in [0.29, 0.717) is 11.4 Å². The summed E-state index contributed by atoms with van der Waals surface area (Å²) in [4.78, 5) is 7.65. The molecular weight excluding hydrogens is 166 g/mol. The van der Waals surface area contributed by atoms with Gasteiger partial charge in [0.05, 0.1) is 0 Å². The molecule has 0 saturated heterocycles. The van der Waals surface area contributed by atoms with Gasteiger partial charge in [0.15, 0.2) is 0 Å². The topological polar surface area (TPSA) is 87.6 Å². The Labute approximate surface area is 76.6 Å². The summed E-state index contributed by atoms with van der Waals surface area (Å²) in [7, 11) is 0. The number of rotatable bonds is 2. The van der Waals surface area contributed by atoms with Gasteiger partial charge in [0.2, 0.25) is 0 Å². The number of nitrogens with two attached hydrogens (primary N) is 1. The van der Waals surface area contributed by atoms with Gasteiger partial charge >= 0.3 is 0 Å². The maximum Gasteiger partial charge on any atom is 0.149 e. The first-order valence-corrected chi connectivity index (χ1v) is 3.92. The lowest BCUT2D eigenvalue weighted by Gasteiger charge is -2.10. The molecule has 1 aromatic heterocycles. The third kappa shape index (κ3) is 2.06. The highest BCUT2D eigenvalue weighted by Crippen LogP contribution is 2.15. The molecule has 0 bridgehead atoms. The van der Waals surface area contributed by atoms with Crippen molar-refractivity contribution in [3.8, 4) is 6.07 Å². The SMILES string of the molecule is CC(C)Nc1ncnc(N)c1C#N. The van der Waals surface area contributed by atoms with Gasteiger partial charge in [-0.1, -0.05) is 0 Å². The molecule has 0 aliphatic heterocycles. The number of aromatic nitrogens is 2. The predicted octanol–water partition coefficient (Wildman–Crippen LogP) is 0.751. The number of nitrogen functional groups attached to an aromatic ring is 1. The monoisotopic (exact) mass is 177 g/mol. The zero-order valence-electron chi connectivity index (χ0n) is 7.57. The predicted molar refractivity (Wildman–Crippen MR) is 49.9 cm³/mol. The summed E-state index contributed by atoms with van der Waals surface area (Å²) in [5, 5.41) is 11.8. The summed E-state index contributed by atoms with van der Waals surface area (Å²) >= 11 is 0. The van der Waals surface area contributed by atoms with E-state index in [9.17, 15) is 0 Å². The first kappa shape index (κ1) is 9.26. The Morgan fingerprint density at radius 2 is 2.23 bits per heavy atom. The first-order chi connectivity index (χ1) is 6.15. The largest absolute Gasteiger partial charge is 0.382 e. The van der Waals surface area contributed by atoms with Gasteiger partial charge in [-0.2, -0.15) is 5.26 Å². The van der Waals surface area contributed by atoms with Gasteiger partial charge in [0.25, 0.3) is 0 Å². The summed E-state index contributed by atoms with van der Waals surface area (Å²) in [6.45, 7) is 3.92. The van der Waals surface area contributed by atoms with Crippen LogP contribution in [0.1, 0.15) is 19.4 Å². The van der Waals surface area contributed by atoms with Crippen molar-refractivity contribution in [1.82, 2.24) is 9.97 Å². The van der Waals surface area contributed by atoms with E-state index in [1.807, 2.05) is 19.9 Å². The fraction of sp³-hybridized carbons (Fsp3) is 0.375. The Morgan fingerprint density at radius 3 is 2.77 bits per heavy atom. The van der Waals surface area contributed by atoms with Gasteiger partial charge < -0.3 is 11.1 Å². The van der Waals surface area contributed by atoms with Crippen molar-refractivity contribution >= 4 is 11.6 Å². The van der Waals surface area contributed by atoms with Crippen LogP contribution >= 0.6 is 0 Å². The quantitative estimate of drug-likeness (QED) is 0.696. The molecule has 5 nitrogen and oxygen atoms in total. The fourth-order valence-electron chi connectivity index (χ4n) is 0.892. The van der Waals surface area contributed by atoms with Crippen LogP contribution in [0.4, 0.5) is 11.6 Å². The molecule has 3 N–H and O–H groups in total. The number of anilines is 2. The van der Waals surface area contributed by atoms with Crippen LogP contribution in [0.2, 0.25) is 0 Å². The van der Waals surface area contributed by atoms with E-state index in [0.717, 1.165) is 0 Å². The van der Waals surface area contributed by atoms with Gasteiger partial charge in [0, 0.05) is 6.04 Å². The number of nitrogens with zero attached hydrogens (tertiary/aromatic N) is 3. The normalized spacial score (nSPS) is 9.69. The van der Waals surface area contributed by atoms with E-state index < -0.39 is 0 Å². The molecule has 1 aromatic rings. The number of nitrogens with one attached hydrogen (secondary N) is 1. The molecule has 0 aromatic carbocycles. The van der Waals surface area contributed by atoms with E-state index in [1.54, 1.807) is 0 Å². The van der Waals surface area contributed by atoms with Crippen molar-refractivity contribution in [2.45, 2.75) is 19.9 Å². The van der Waals surface area contributed by atoms with Gasteiger partial charge in [-0.3, -0.25) is 0 Å². The van der Waals surface area contributed by atoms with E-state index in [2.05, 4.69) is 15.3 Å². The summed E-state index contributed by atoms with van der Waals surface area (Å²) in [5.41, 5.74) is 5.80. The van der Waals surface area contributed by atoms with Crippen molar-refractivity contribution < 1.29 is 0 Å². The average Bonchev–Trinajstić information content (AvgIpc) is 2.03. The lowest BCUT2D eigenvalue weighted by molar-refractivity contribution is 0.885. The molecule has 1 rings (SSSR count). The van der Waals surface area contributed by atoms with E-state index in [4.69, 9.17) is 11.0 Å². The van der Waals surface area contributed by atoms with E-state index in [-0.39, 0.29) is 11.9 Å². The minimum atomic E-state index is 0.209. The second-order valence-corrected chi connectivity index (χ2v) is 2.89. The highest BCUT2D eigenvalue weighted by Gasteiger charge is 2.08. The molecule has 0 atom stereocenters. The Hall–Kier alpha value is -1.83. The van der Waals surface area contributed by atoms with E-state index in [1.165, 1.54) is 6.33 Å². The van der Waals surface area contributed by atoms with Crippen LogP contribution in [0.15, 0.2) is 6.33 Å². The van der Waals surface area contributed by atoms with Crippen molar-refractivity contribution in [1.29, 1.82) is 5.26 Å². The van der Waals surface area contributed by atoms with Crippen LogP contribution < -0.4 is 11.1 Å². The molecule has 13 heavy (non-hydrogen) atoms.